The first-order valence-electron chi connectivity index (χ1n) is 14.1. The van der Waals surface area contributed by atoms with Crippen molar-refractivity contribution in [1.82, 2.24) is 9.55 Å². The Morgan fingerprint density at radius 1 is 0.619 bits per heavy atom. The highest BCUT2D eigenvalue weighted by molar-refractivity contribution is 6.31. The second-order valence-electron chi connectivity index (χ2n) is 10.5. The van der Waals surface area contributed by atoms with E-state index in [0.717, 1.165) is 39.0 Å². The number of rotatable bonds is 5. The first-order chi connectivity index (χ1) is 20.8. The minimum Gasteiger partial charge on any atom is -0.355 e. The Bertz CT molecular complexity index is 2270. The molecule has 0 aliphatic heterocycles. The molecule has 0 aliphatic rings. The minimum atomic E-state index is 0.834. The van der Waals surface area contributed by atoms with Crippen LogP contribution >= 0.6 is 0 Å². The van der Waals surface area contributed by atoms with Crippen LogP contribution in [0.4, 0.5) is 11.4 Å². The highest BCUT2D eigenvalue weighted by Gasteiger charge is 2.20. The second-order valence-corrected chi connectivity index (χ2v) is 10.5. The molecule has 6 aromatic carbocycles. The van der Waals surface area contributed by atoms with Gasteiger partial charge in [0.25, 0.3) is 0 Å². The second kappa shape index (κ2) is 9.72. The van der Waals surface area contributed by atoms with Crippen LogP contribution in [0.2, 0.25) is 0 Å². The van der Waals surface area contributed by atoms with Crippen molar-refractivity contribution in [2.24, 2.45) is 0 Å². The quantitative estimate of drug-likeness (QED) is 0.169. The van der Waals surface area contributed by atoms with Gasteiger partial charge in [-0.15, -0.1) is 0 Å². The third-order valence-electron chi connectivity index (χ3n) is 8.14. The zero-order valence-electron chi connectivity index (χ0n) is 22.8. The fraction of sp³-hybridized carbons (Fsp3) is 0. The summed E-state index contributed by atoms with van der Waals surface area (Å²) in [5.74, 6) is 0. The van der Waals surface area contributed by atoms with Gasteiger partial charge < -0.3 is 15.3 Å². The van der Waals surface area contributed by atoms with Crippen LogP contribution in [-0.4, -0.2) is 15.8 Å². The molecule has 0 atom stereocenters. The van der Waals surface area contributed by atoms with Crippen LogP contribution in [0, 0.1) is 5.41 Å². The lowest BCUT2D eigenvalue weighted by Gasteiger charge is -2.13. The molecule has 0 radical (unpaired) electrons. The molecule has 0 saturated heterocycles. The molecule has 4 nitrogen and oxygen atoms in total. The van der Waals surface area contributed by atoms with Gasteiger partial charge >= 0.3 is 0 Å². The number of nitrogens with one attached hydrogen (secondary N) is 2. The van der Waals surface area contributed by atoms with Gasteiger partial charge in [-0.2, -0.15) is 0 Å². The molecule has 0 spiro atoms. The van der Waals surface area contributed by atoms with Gasteiger partial charge in [-0.05, 0) is 75.8 Å². The van der Waals surface area contributed by atoms with Gasteiger partial charge in [-0.3, -0.25) is 4.98 Å². The summed E-state index contributed by atoms with van der Waals surface area (Å²) in [6.45, 7) is 0. The standard InChI is InChI=1S/C38H26N4/c39-24-27-22-33-36(23-34(27)41-28-12-5-2-6-13-28)42(29-17-19-40-20-18-29)35-16-15-31-32(25-9-3-1-4-10-25)21-26-11-7-8-14-30(26)37(31)38(33)35/h1-24,39,41H. The number of hydrogen-bond donors (Lipinski definition) is 2. The van der Waals surface area contributed by atoms with Crippen LogP contribution < -0.4 is 5.32 Å². The van der Waals surface area contributed by atoms with E-state index in [9.17, 15) is 0 Å². The normalized spacial score (nSPS) is 11.4. The van der Waals surface area contributed by atoms with Gasteiger partial charge in [0.2, 0.25) is 0 Å². The van der Waals surface area contributed by atoms with E-state index in [2.05, 4.69) is 112 Å². The molecule has 8 rings (SSSR count). The number of fused-ring (bicyclic) bond motifs is 7. The fourth-order valence-corrected chi connectivity index (χ4v) is 6.29. The molecule has 0 bridgehead atoms. The van der Waals surface area contributed by atoms with E-state index in [1.54, 1.807) is 0 Å². The van der Waals surface area contributed by atoms with Crippen molar-refractivity contribution in [2.75, 3.05) is 5.32 Å². The molecule has 2 heterocycles. The van der Waals surface area contributed by atoms with Crippen molar-refractivity contribution in [1.29, 1.82) is 5.41 Å². The highest BCUT2D eigenvalue weighted by atomic mass is 15.0. The van der Waals surface area contributed by atoms with Crippen molar-refractivity contribution >= 4 is 60.9 Å². The summed E-state index contributed by atoms with van der Waals surface area (Å²) in [6.07, 6.45) is 5.12. The number of hydrogen-bond acceptors (Lipinski definition) is 3. The van der Waals surface area contributed by atoms with Crippen LogP contribution in [0.3, 0.4) is 0 Å². The van der Waals surface area contributed by atoms with E-state index in [-0.39, 0.29) is 0 Å². The summed E-state index contributed by atoms with van der Waals surface area (Å²) in [6, 6.07) is 44.7. The summed E-state index contributed by atoms with van der Waals surface area (Å²) < 4.78 is 2.32. The summed E-state index contributed by atoms with van der Waals surface area (Å²) in [7, 11) is 0. The Hall–Kier alpha value is -5.74. The average molecular weight is 539 g/mol. The number of anilines is 2. The number of para-hydroxylation sites is 1. The van der Waals surface area contributed by atoms with Crippen LogP contribution in [0.25, 0.3) is 60.2 Å². The molecule has 0 saturated carbocycles. The molecule has 0 fully saturated rings. The topological polar surface area (TPSA) is 53.7 Å². The predicted octanol–water partition coefficient (Wildman–Crippen LogP) is 9.89. The van der Waals surface area contributed by atoms with Gasteiger partial charge in [0.05, 0.1) is 11.0 Å². The van der Waals surface area contributed by atoms with Crippen molar-refractivity contribution < 1.29 is 0 Å². The maximum absolute atomic E-state index is 8.37. The molecule has 42 heavy (non-hydrogen) atoms. The van der Waals surface area contributed by atoms with E-state index >= 15 is 0 Å². The zero-order chi connectivity index (χ0) is 28.0. The maximum atomic E-state index is 8.37. The van der Waals surface area contributed by atoms with Crippen molar-refractivity contribution in [3.05, 3.63) is 145 Å². The molecule has 2 N–H and O–H groups in total. The van der Waals surface area contributed by atoms with Gasteiger partial charge in [0, 0.05) is 57.4 Å². The Kier molecular flexibility index (Phi) is 5.57. The molecule has 0 amide bonds. The molecule has 0 aliphatic carbocycles. The van der Waals surface area contributed by atoms with E-state index in [1.165, 1.54) is 44.3 Å². The number of aromatic nitrogens is 2. The van der Waals surface area contributed by atoms with Gasteiger partial charge in [0.15, 0.2) is 0 Å². The predicted molar refractivity (Wildman–Crippen MR) is 177 cm³/mol. The lowest BCUT2D eigenvalue weighted by atomic mass is 9.91. The fourth-order valence-electron chi connectivity index (χ4n) is 6.29. The van der Waals surface area contributed by atoms with Gasteiger partial charge in [-0.1, -0.05) is 78.9 Å². The number of benzene rings is 6. The molecule has 8 aromatic rings. The Balaban J connectivity index is 1.56. The van der Waals surface area contributed by atoms with E-state index in [1.807, 2.05) is 42.7 Å². The average Bonchev–Trinajstić information content (AvgIpc) is 3.38. The first kappa shape index (κ1) is 24.1. The van der Waals surface area contributed by atoms with Crippen LogP contribution in [-0.2, 0) is 0 Å². The Morgan fingerprint density at radius 2 is 1.36 bits per heavy atom. The Morgan fingerprint density at radius 3 is 2.14 bits per heavy atom. The zero-order valence-corrected chi connectivity index (χ0v) is 22.8. The SMILES string of the molecule is N=Cc1cc2c3c4c(ccc3n(-c3ccncc3)c2cc1Nc1ccccc1)c(-c1ccccc1)cc1ccccc14. The molecule has 2 aromatic heterocycles. The van der Waals surface area contributed by atoms with Crippen molar-refractivity contribution in [3.8, 4) is 16.8 Å². The van der Waals surface area contributed by atoms with E-state index in [0.29, 0.717) is 0 Å². The summed E-state index contributed by atoms with van der Waals surface area (Å²) in [5.41, 5.74) is 8.35. The molecule has 4 heteroatoms. The molecule has 0 unspecified atom stereocenters. The lowest BCUT2D eigenvalue weighted by Crippen LogP contribution is -1.98. The van der Waals surface area contributed by atoms with Crippen molar-refractivity contribution in [2.45, 2.75) is 0 Å². The van der Waals surface area contributed by atoms with Gasteiger partial charge in [0.1, 0.15) is 0 Å². The monoisotopic (exact) mass is 538 g/mol. The third-order valence-corrected chi connectivity index (χ3v) is 8.14. The van der Waals surface area contributed by atoms with Gasteiger partial charge in [-0.25, -0.2) is 0 Å². The summed E-state index contributed by atoms with van der Waals surface area (Å²) >= 11 is 0. The van der Waals surface area contributed by atoms with Crippen LogP contribution in [0.15, 0.2) is 140 Å². The first-order valence-corrected chi connectivity index (χ1v) is 14.1. The van der Waals surface area contributed by atoms with Crippen LogP contribution in [0.1, 0.15) is 5.56 Å². The lowest BCUT2D eigenvalue weighted by molar-refractivity contribution is 1.16. The summed E-state index contributed by atoms with van der Waals surface area (Å²) in [4.78, 5) is 4.30. The smallest absolute Gasteiger partial charge is 0.0562 e. The highest BCUT2D eigenvalue weighted by Crippen LogP contribution is 2.44. The Labute approximate surface area is 243 Å². The number of nitrogens with zero attached hydrogens (tertiary/aromatic N) is 2. The van der Waals surface area contributed by atoms with Crippen LogP contribution in [0.5, 0.6) is 0 Å². The molecular weight excluding hydrogens is 512 g/mol. The summed E-state index contributed by atoms with van der Waals surface area (Å²) in [5, 5.41) is 19.1. The largest absolute Gasteiger partial charge is 0.355 e. The maximum Gasteiger partial charge on any atom is 0.0562 e. The number of pyridine rings is 1. The minimum absolute atomic E-state index is 0.834. The molecule has 198 valence electrons. The molecular formula is C38H26N4. The van der Waals surface area contributed by atoms with E-state index < -0.39 is 0 Å². The third kappa shape index (κ3) is 3.77. The van der Waals surface area contributed by atoms with E-state index in [4.69, 9.17) is 5.41 Å². The van der Waals surface area contributed by atoms with Crippen molar-refractivity contribution in [3.63, 3.8) is 0 Å².